The largest absolute Gasteiger partial charge is 0.460 e. The van der Waals surface area contributed by atoms with Gasteiger partial charge in [-0.1, -0.05) is 0 Å². The van der Waals surface area contributed by atoms with Crippen molar-refractivity contribution in [3.05, 3.63) is 0 Å². The quantitative estimate of drug-likeness (QED) is 0.618. The fraction of sp³-hybridized carbons (Fsp3) is 0.769. The van der Waals surface area contributed by atoms with Crippen LogP contribution in [-0.4, -0.2) is 41.9 Å². The van der Waals surface area contributed by atoms with E-state index in [1.165, 1.54) is 6.92 Å². The van der Waals surface area contributed by atoms with Crippen LogP contribution >= 0.6 is 0 Å². The summed E-state index contributed by atoms with van der Waals surface area (Å²) < 4.78 is 14.9. The molecular weight excluding hydrogens is 266 g/mol. The van der Waals surface area contributed by atoms with E-state index in [1.807, 2.05) is 0 Å². The molecule has 1 saturated heterocycles. The van der Waals surface area contributed by atoms with Crippen molar-refractivity contribution in [2.24, 2.45) is 0 Å². The number of cyclic esters (lactones) is 1. The molecule has 7 heteroatoms. The third-order valence-electron chi connectivity index (χ3n) is 2.47. The smallest absolute Gasteiger partial charge is 0.408 e. The van der Waals surface area contributed by atoms with Gasteiger partial charge in [0.1, 0.15) is 17.7 Å². The highest BCUT2D eigenvalue weighted by Gasteiger charge is 2.36. The number of rotatable bonds is 3. The van der Waals surface area contributed by atoms with E-state index in [4.69, 9.17) is 14.2 Å². The van der Waals surface area contributed by atoms with Crippen LogP contribution in [0.2, 0.25) is 0 Å². The fourth-order valence-electron chi connectivity index (χ4n) is 1.60. The van der Waals surface area contributed by atoms with Crippen LogP contribution in [0.5, 0.6) is 0 Å². The Morgan fingerprint density at radius 1 is 1.40 bits per heavy atom. The second-order valence-electron chi connectivity index (χ2n) is 5.78. The summed E-state index contributed by atoms with van der Waals surface area (Å²) in [6.07, 6.45) is -1.57. The van der Waals surface area contributed by atoms with Gasteiger partial charge in [-0.25, -0.2) is 14.4 Å². The molecule has 114 valence electrons. The van der Waals surface area contributed by atoms with Crippen LogP contribution in [0.4, 0.5) is 4.79 Å². The molecule has 0 aromatic heterocycles. The third kappa shape index (κ3) is 5.07. The predicted molar refractivity (Wildman–Crippen MR) is 68.9 cm³/mol. The molecule has 3 unspecified atom stereocenters. The summed E-state index contributed by atoms with van der Waals surface area (Å²) in [7, 11) is 0. The number of carbonyl (C=O) groups is 3. The average molecular weight is 287 g/mol. The van der Waals surface area contributed by atoms with Crippen LogP contribution in [0.25, 0.3) is 0 Å². The van der Waals surface area contributed by atoms with Gasteiger partial charge < -0.3 is 19.5 Å². The fourth-order valence-corrected chi connectivity index (χ4v) is 1.60. The van der Waals surface area contributed by atoms with E-state index in [0.29, 0.717) is 6.42 Å². The Morgan fingerprint density at radius 3 is 2.45 bits per heavy atom. The zero-order valence-electron chi connectivity index (χ0n) is 12.4. The number of carbonyl (C=O) groups excluding carboxylic acids is 3. The lowest BCUT2D eigenvalue weighted by Gasteiger charge is -2.21. The van der Waals surface area contributed by atoms with Gasteiger partial charge in [0.05, 0.1) is 0 Å². The molecule has 0 aliphatic carbocycles. The number of nitrogens with one attached hydrogen (secondary N) is 1. The van der Waals surface area contributed by atoms with Crippen LogP contribution in [0.1, 0.15) is 41.0 Å². The molecule has 0 radical (unpaired) electrons. The number of esters is 2. The topological polar surface area (TPSA) is 90.9 Å². The van der Waals surface area contributed by atoms with Gasteiger partial charge in [-0.2, -0.15) is 0 Å². The van der Waals surface area contributed by atoms with Gasteiger partial charge in [-0.15, -0.1) is 0 Å². The summed E-state index contributed by atoms with van der Waals surface area (Å²) in [5, 5.41) is 2.35. The Bertz CT molecular complexity index is 400. The number of ether oxygens (including phenoxy) is 3. The minimum Gasteiger partial charge on any atom is -0.460 e. The molecular formula is C13H21NO6. The molecule has 0 aromatic carbocycles. The van der Waals surface area contributed by atoms with Gasteiger partial charge in [-0.3, -0.25) is 0 Å². The molecule has 1 amide bonds. The maximum atomic E-state index is 11.8. The molecule has 0 bridgehead atoms. The summed E-state index contributed by atoms with van der Waals surface area (Å²) in [5.41, 5.74) is -0.654. The number of hydrogen-bond donors (Lipinski definition) is 1. The average Bonchev–Trinajstić information content (AvgIpc) is 2.54. The first kappa shape index (κ1) is 16.3. The van der Waals surface area contributed by atoms with Crippen molar-refractivity contribution in [3.8, 4) is 0 Å². The summed E-state index contributed by atoms with van der Waals surface area (Å²) in [6, 6.07) is -0.909. The molecule has 1 N–H and O–H groups in total. The van der Waals surface area contributed by atoms with E-state index in [-0.39, 0.29) is 6.10 Å². The first-order valence-corrected chi connectivity index (χ1v) is 6.49. The SMILES string of the molecule is CC1CC(OC(=O)C(C)NC(=O)OC(C)(C)C)C(=O)O1. The zero-order valence-corrected chi connectivity index (χ0v) is 12.4. The number of amides is 1. The Hall–Kier alpha value is -1.79. The minimum atomic E-state index is -0.909. The van der Waals surface area contributed by atoms with Crippen molar-refractivity contribution >= 4 is 18.0 Å². The van der Waals surface area contributed by atoms with Crippen molar-refractivity contribution < 1.29 is 28.6 Å². The molecule has 1 aliphatic heterocycles. The molecule has 3 atom stereocenters. The maximum absolute atomic E-state index is 11.8. The Balaban J connectivity index is 2.43. The number of hydrogen-bond acceptors (Lipinski definition) is 6. The lowest BCUT2D eigenvalue weighted by Crippen LogP contribution is -2.43. The second-order valence-corrected chi connectivity index (χ2v) is 5.78. The van der Waals surface area contributed by atoms with Gasteiger partial charge >= 0.3 is 18.0 Å². The van der Waals surface area contributed by atoms with Crippen molar-refractivity contribution in [1.82, 2.24) is 5.32 Å². The van der Waals surface area contributed by atoms with E-state index in [9.17, 15) is 14.4 Å². The third-order valence-corrected chi connectivity index (χ3v) is 2.47. The highest BCUT2D eigenvalue weighted by molar-refractivity contribution is 5.85. The summed E-state index contributed by atoms with van der Waals surface area (Å²) in [4.78, 5) is 34.6. The Labute approximate surface area is 117 Å². The lowest BCUT2D eigenvalue weighted by molar-refractivity contribution is -0.161. The van der Waals surface area contributed by atoms with E-state index in [0.717, 1.165) is 0 Å². The molecule has 0 spiro atoms. The summed E-state index contributed by atoms with van der Waals surface area (Å²) in [6.45, 7) is 8.31. The van der Waals surface area contributed by atoms with E-state index in [2.05, 4.69) is 5.32 Å². The van der Waals surface area contributed by atoms with Crippen LogP contribution in [0.3, 0.4) is 0 Å². The summed E-state index contributed by atoms with van der Waals surface area (Å²) in [5.74, 6) is -1.26. The molecule has 7 nitrogen and oxygen atoms in total. The lowest BCUT2D eigenvalue weighted by atomic mass is 10.2. The van der Waals surface area contributed by atoms with Crippen molar-refractivity contribution in [2.45, 2.75) is 64.9 Å². The van der Waals surface area contributed by atoms with Gasteiger partial charge in [0.15, 0.2) is 0 Å². The van der Waals surface area contributed by atoms with Crippen molar-refractivity contribution in [2.75, 3.05) is 0 Å². The van der Waals surface area contributed by atoms with Gasteiger partial charge in [-0.05, 0) is 34.6 Å². The molecule has 0 saturated carbocycles. The van der Waals surface area contributed by atoms with Gasteiger partial charge in [0, 0.05) is 6.42 Å². The molecule has 1 rings (SSSR count). The van der Waals surface area contributed by atoms with E-state index < -0.39 is 35.8 Å². The summed E-state index contributed by atoms with van der Waals surface area (Å²) >= 11 is 0. The monoisotopic (exact) mass is 287 g/mol. The molecule has 1 heterocycles. The van der Waals surface area contributed by atoms with Crippen molar-refractivity contribution in [3.63, 3.8) is 0 Å². The Kier molecular flexibility index (Phi) is 4.97. The Morgan fingerprint density at radius 2 is 2.00 bits per heavy atom. The normalized spacial score (nSPS) is 23.8. The van der Waals surface area contributed by atoms with Crippen LogP contribution < -0.4 is 5.32 Å². The standard InChI is InChI=1S/C13H21NO6/c1-7-6-9(11(16)18-7)19-10(15)8(2)14-12(17)20-13(3,4)5/h7-9H,6H2,1-5H3,(H,14,17). The van der Waals surface area contributed by atoms with Crippen LogP contribution in [0.15, 0.2) is 0 Å². The first-order valence-electron chi connectivity index (χ1n) is 6.49. The second kappa shape index (κ2) is 6.11. The highest BCUT2D eigenvalue weighted by atomic mass is 16.6. The first-order chi connectivity index (χ1) is 9.08. The van der Waals surface area contributed by atoms with Gasteiger partial charge in [0.25, 0.3) is 0 Å². The molecule has 0 aromatic rings. The van der Waals surface area contributed by atoms with Crippen molar-refractivity contribution in [1.29, 1.82) is 0 Å². The van der Waals surface area contributed by atoms with E-state index >= 15 is 0 Å². The minimum absolute atomic E-state index is 0.269. The predicted octanol–water partition coefficient (Wildman–Crippen LogP) is 1.15. The van der Waals surface area contributed by atoms with Gasteiger partial charge in [0.2, 0.25) is 6.10 Å². The highest BCUT2D eigenvalue weighted by Crippen LogP contribution is 2.17. The molecule has 1 aliphatic rings. The molecule has 20 heavy (non-hydrogen) atoms. The zero-order chi connectivity index (χ0) is 15.5. The number of alkyl carbamates (subject to hydrolysis) is 1. The van der Waals surface area contributed by atoms with Crippen LogP contribution in [-0.2, 0) is 23.8 Å². The maximum Gasteiger partial charge on any atom is 0.408 e. The van der Waals surface area contributed by atoms with Crippen LogP contribution in [0, 0.1) is 0 Å². The van der Waals surface area contributed by atoms with E-state index in [1.54, 1.807) is 27.7 Å². The molecule has 1 fully saturated rings.